The summed E-state index contributed by atoms with van der Waals surface area (Å²) in [5.41, 5.74) is -0.420. The highest BCUT2D eigenvalue weighted by molar-refractivity contribution is 7.99. The zero-order valence-corrected chi connectivity index (χ0v) is 27.3. The summed E-state index contributed by atoms with van der Waals surface area (Å²) in [5.74, 6) is -0.885. The van der Waals surface area contributed by atoms with E-state index >= 15 is 0 Å². The first-order chi connectivity index (χ1) is 20.1. The fourth-order valence-corrected chi connectivity index (χ4v) is 7.01. The minimum atomic E-state index is -0.884. The highest BCUT2D eigenvalue weighted by atomic mass is 32.2. The number of esters is 1. The molecule has 2 aliphatic rings. The van der Waals surface area contributed by atoms with Gasteiger partial charge >= 0.3 is 12.1 Å². The van der Waals surface area contributed by atoms with E-state index in [1.165, 1.54) is 19.1 Å². The normalized spacial score (nSPS) is 22.8. The van der Waals surface area contributed by atoms with Crippen molar-refractivity contribution in [2.45, 2.75) is 102 Å². The third-order valence-corrected chi connectivity index (χ3v) is 9.14. The molecule has 0 aromatic heterocycles. The molecule has 4 amide bonds. The number of ether oxygens (including phenoxy) is 2. The van der Waals surface area contributed by atoms with E-state index in [0.717, 1.165) is 5.56 Å². The third-order valence-electron chi connectivity index (χ3n) is 7.89. The highest BCUT2D eigenvalue weighted by Crippen LogP contribution is 2.46. The molecule has 238 valence electrons. The van der Waals surface area contributed by atoms with Crippen LogP contribution in [-0.4, -0.2) is 88.6 Å². The minimum absolute atomic E-state index is 0.121. The quantitative estimate of drug-likeness (QED) is 0.401. The van der Waals surface area contributed by atoms with Gasteiger partial charge in [-0.15, -0.1) is 11.8 Å². The lowest BCUT2D eigenvalue weighted by Gasteiger charge is -2.35. The molecule has 1 aromatic rings. The number of carbonyl (C=O) groups excluding carboxylic acids is 5. The molecular weight excluding hydrogens is 572 g/mol. The second-order valence-corrected chi connectivity index (χ2v) is 14.2. The molecule has 0 unspecified atom stereocenters. The number of nitrogens with zero attached hydrogens (tertiary/aromatic N) is 2. The van der Waals surface area contributed by atoms with Crippen LogP contribution in [-0.2, 0) is 28.7 Å². The van der Waals surface area contributed by atoms with Crippen LogP contribution in [0.4, 0.5) is 4.79 Å². The Morgan fingerprint density at radius 1 is 1.16 bits per heavy atom. The van der Waals surface area contributed by atoms with E-state index in [1.54, 1.807) is 44.4 Å². The number of nitrogens with one attached hydrogen (secondary N) is 2. The molecule has 0 saturated carbocycles. The van der Waals surface area contributed by atoms with Crippen molar-refractivity contribution >= 4 is 41.5 Å². The van der Waals surface area contributed by atoms with E-state index in [2.05, 4.69) is 10.6 Å². The molecular formula is C31H46N4O7S. The molecule has 0 radical (unpaired) electrons. The molecule has 5 atom stereocenters. The predicted octanol–water partition coefficient (Wildman–Crippen LogP) is 3.63. The van der Waals surface area contributed by atoms with E-state index in [-0.39, 0.29) is 29.6 Å². The van der Waals surface area contributed by atoms with Crippen LogP contribution >= 0.6 is 11.8 Å². The minimum Gasteiger partial charge on any atom is -0.469 e. The van der Waals surface area contributed by atoms with Crippen molar-refractivity contribution in [3.63, 3.8) is 0 Å². The monoisotopic (exact) mass is 618 g/mol. The summed E-state index contributed by atoms with van der Waals surface area (Å²) < 4.78 is 10.2. The summed E-state index contributed by atoms with van der Waals surface area (Å²) in [4.78, 5) is 68.5. The van der Waals surface area contributed by atoms with Gasteiger partial charge in [0.1, 0.15) is 23.7 Å². The molecule has 2 N–H and O–H groups in total. The number of thioether (sulfide) groups is 1. The zero-order chi connectivity index (χ0) is 32.1. The molecule has 43 heavy (non-hydrogen) atoms. The zero-order valence-electron chi connectivity index (χ0n) is 26.5. The van der Waals surface area contributed by atoms with Gasteiger partial charge in [-0.1, -0.05) is 44.2 Å². The number of hydrogen-bond donors (Lipinski definition) is 2. The molecule has 0 spiro atoms. The fraction of sp³-hybridized carbons (Fsp3) is 0.645. The summed E-state index contributed by atoms with van der Waals surface area (Å²) in [6.45, 7) is 10.7. The van der Waals surface area contributed by atoms with Crippen LogP contribution in [0.15, 0.2) is 30.3 Å². The van der Waals surface area contributed by atoms with Crippen molar-refractivity contribution in [2.75, 3.05) is 19.9 Å². The second-order valence-electron chi connectivity index (χ2n) is 12.9. The number of amides is 4. The van der Waals surface area contributed by atoms with Gasteiger partial charge in [-0.05, 0) is 63.7 Å². The Kier molecular flexibility index (Phi) is 11.1. The summed E-state index contributed by atoms with van der Waals surface area (Å²) >= 11 is 1.60. The average molecular weight is 619 g/mol. The van der Waals surface area contributed by atoms with Crippen LogP contribution in [0, 0.1) is 5.41 Å². The Labute approximate surface area is 258 Å². The van der Waals surface area contributed by atoms with Crippen molar-refractivity contribution in [2.24, 2.45) is 5.41 Å². The first-order valence-electron chi connectivity index (χ1n) is 14.7. The number of fused-ring (bicyclic) bond motifs is 1. The topological polar surface area (TPSA) is 134 Å². The molecule has 11 nitrogen and oxygen atoms in total. The molecule has 3 rings (SSSR count). The maximum absolute atomic E-state index is 14.0. The Bertz CT molecular complexity index is 1190. The molecule has 2 aliphatic heterocycles. The van der Waals surface area contributed by atoms with Crippen LogP contribution in [0.2, 0.25) is 0 Å². The van der Waals surface area contributed by atoms with Gasteiger partial charge in [-0.2, -0.15) is 0 Å². The molecule has 2 saturated heterocycles. The first-order valence-corrected chi connectivity index (χ1v) is 15.7. The van der Waals surface area contributed by atoms with Crippen molar-refractivity contribution in [3.05, 3.63) is 35.9 Å². The summed E-state index contributed by atoms with van der Waals surface area (Å²) in [7, 11) is 2.81. The van der Waals surface area contributed by atoms with Crippen LogP contribution < -0.4 is 10.6 Å². The van der Waals surface area contributed by atoms with E-state index < -0.39 is 47.2 Å². The van der Waals surface area contributed by atoms with E-state index in [0.29, 0.717) is 25.0 Å². The van der Waals surface area contributed by atoms with Gasteiger partial charge in [0.2, 0.25) is 17.7 Å². The smallest absolute Gasteiger partial charge is 0.410 e. The lowest BCUT2D eigenvalue weighted by molar-refractivity contribution is -0.144. The van der Waals surface area contributed by atoms with Gasteiger partial charge in [-0.3, -0.25) is 24.1 Å². The lowest BCUT2D eigenvalue weighted by Crippen LogP contribution is -2.58. The molecule has 12 heteroatoms. The summed E-state index contributed by atoms with van der Waals surface area (Å²) in [6, 6.07) is 6.40. The van der Waals surface area contributed by atoms with Crippen LogP contribution in [0.3, 0.4) is 0 Å². The number of rotatable bonds is 9. The number of carbonyl (C=O) groups is 5. The standard InChI is InChI=1S/C31H46N4O7S/c1-19(34(7)29(40)42-30(2,3)4)26(37)33-22-16-17-43-23-18-31(5,6)25(35(23)28(22)39)27(38)32-21(14-15-24(36)41-8)20-12-10-9-11-13-20/h9-13,19,21-23,25H,14-18H2,1-8H3,(H,32,38)(H,33,37)/t19-,21+,22-,23-,25+/m0/s1. The maximum Gasteiger partial charge on any atom is 0.410 e. The molecule has 0 aliphatic carbocycles. The maximum atomic E-state index is 14.0. The number of methoxy groups -OCH3 is 1. The van der Waals surface area contributed by atoms with Crippen molar-refractivity contribution < 1.29 is 33.4 Å². The second kappa shape index (κ2) is 14.0. The average Bonchev–Trinajstić information content (AvgIpc) is 3.13. The predicted molar refractivity (Wildman–Crippen MR) is 164 cm³/mol. The van der Waals surface area contributed by atoms with Crippen molar-refractivity contribution in [1.82, 2.24) is 20.4 Å². The highest BCUT2D eigenvalue weighted by Gasteiger charge is 2.54. The Morgan fingerprint density at radius 2 is 1.81 bits per heavy atom. The van der Waals surface area contributed by atoms with Crippen LogP contribution in [0.25, 0.3) is 0 Å². The summed E-state index contributed by atoms with van der Waals surface area (Å²) in [5, 5.41) is 5.72. The van der Waals surface area contributed by atoms with Gasteiger partial charge in [0.15, 0.2) is 0 Å². The van der Waals surface area contributed by atoms with Gasteiger partial charge in [-0.25, -0.2) is 4.79 Å². The third kappa shape index (κ3) is 8.64. The number of hydrogen-bond acceptors (Lipinski definition) is 8. The first kappa shape index (κ1) is 34.2. The lowest BCUT2D eigenvalue weighted by atomic mass is 9.83. The Balaban J connectivity index is 1.80. The molecule has 0 bridgehead atoms. The number of benzene rings is 1. The van der Waals surface area contributed by atoms with Gasteiger partial charge in [0.25, 0.3) is 0 Å². The molecule has 2 fully saturated rings. The summed E-state index contributed by atoms with van der Waals surface area (Å²) in [6.07, 6.45) is 0.819. The van der Waals surface area contributed by atoms with Crippen LogP contribution in [0.5, 0.6) is 0 Å². The van der Waals surface area contributed by atoms with Crippen LogP contribution in [0.1, 0.15) is 78.8 Å². The molecule has 2 heterocycles. The van der Waals surface area contributed by atoms with Crippen molar-refractivity contribution in [1.29, 1.82) is 0 Å². The number of likely N-dealkylation sites (N-methyl/N-ethyl adjacent to an activating group) is 1. The SMILES string of the molecule is COC(=O)CC[C@@H](NC(=O)[C@H]1N2C(=O)[C@@H](NC(=O)[C@H](C)N(C)C(=O)OC(C)(C)C)CCS[C@H]2CC1(C)C)c1ccccc1. The fourth-order valence-electron chi connectivity index (χ4n) is 5.43. The van der Waals surface area contributed by atoms with Gasteiger partial charge in [0, 0.05) is 13.5 Å². The Hall–Kier alpha value is -3.28. The van der Waals surface area contributed by atoms with E-state index in [4.69, 9.17) is 9.47 Å². The van der Waals surface area contributed by atoms with Crippen molar-refractivity contribution in [3.8, 4) is 0 Å². The molecule has 1 aromatic carbocycles. The largest absolute Gasteiger partial charge is 0.469 e. The van der Waals surface area contributed by atoms with Gasteiger partial charge in [0.05, 0.1) is 18.5 Å². The van der Waals surface area contributed by atoms with E-state index in [1.807, 2.05) is 44.2 Å². The Morgan fingerprint density at radius 3 is 2.42 bits per heavy atom. The van der Waals surface area contributed by atoms with Gasteiger partial charge < -0.3 is 25.0 Å². The van der Waals surface area contributed by atoms with E-state index in [9.17, 15) is 24.0 Å².